The summed E-state index contributed by atoms with van der Waals surface area (Å²) in [4.78, 5) is 2.44. The van der Waals surface area contributed by atoms with Crippen LogP contribution in [-0.4, -0.2) is 51.2 Å². The van der Waals surface area contributed by atoms with Crippen molar-refractivity contribution < 1.29 is 0 Å². The average Bonchev–Trinajstić information content (AvgIpc) is 2.12. The number of likely N-dealkylation sites (tertiary alicyclic amines) is 1. The van der Waals surface area contributed by atoms with E-state index in [1.807, 2.05) is 0 Å². The van der Waals surface area contributed by atoms with Crippen molar-refractivity contribution in [3.8, 4) is 0 Å². The predicted octanol–water partition coefficient (Wildman–Crippen LogP) is 0.137. The molecule has 82 valence electrons. The number of hydrogen-bond donors (Lipinski definition) is 2. The van der Waals surface area contributed by atoms with E-state index in [1.165, 1.54) is 52.1 Å². The molecule has 14 heavy (non-hydrogen) atoms. The van der Waals surface area contributed by atoms with Gasteiger partial charge in [0.1, 0.15) is 0 Å². The molecule has 0 atom stereocenters. The highest BCUT2D eigenvalue weighted by molar-refractivity contribution is 4.78. The van der Waals surface area contributed by atoms with Crippen LogP contribution in [0.1, 0.15) is 12.8 Å². The van der Waals surface area contributed by atoms with Gasteiger partial charge in [-0.2, -0.15) is 0 Å². The Balaban J connectivity index is 1.52. The van der Waals surface area contributed by atoms with Gasteiger partial charge in [0.2, 0.25) is 0 Å². The summed E-state index contributed by atoms with van der Waals surface area (Å²) in [6, 6.07) is 0. The van der Waals surface area contributed by atoms with Gasteiger partial charge in [-0.05, 0) is 51.4 Å². The molecular weight excluding hydrogens is 174 g/mol. The summed E-state index contributed by atoms with van der Waals surface area (Å²) in [5, 5.41) is 6.92. The second-order valence-electron chi connectivity index (χ2n) is 4.93. The van der Waals surface area contributed by atoms with E-state index in [1.54, 1.807) is 0 Å². The second kappa shape index (κ2) is 5.10. The average molecular weight is 197 g/mol. The summed E-state index contributed by atoms with van der Waals surface area (Å²) in [5.74, 6) is 1.83. The van der Waals surface area contributed by atoms with Gasteiger partial charge >= 0.3 is 0 Å². The molecule has 0 unspecified atom stereocenters. The second-order valence-corrected chi connectivity index (χ2v) is 4.93. The smallest absolute Gasteiger partial charge is 0.000394 e. The van der Waals surface area contributed by atoms with Gasteiger partial charge < -0.3 is 15.5 Å². The number of piperidine rings is 1. The highest BCUT2D eigenvalue weighted by atomic mass is 15.1. The van der Waals surface area contributed by atoms with E-state index in [4.69, 9.17) is 0 Å². The van der Waals surface area contributed by atoms with E-state index in [0.717, 1.165) is 11.8 Å². The molecule has 0 radical (unpaired) electrons. The van der Waals surface area contributed by atoms with Crippen LogP contribution in [0, 0.1) is 11.8 Å². The monoisotopic (exact) mass is 197 g/mol. The number of hydrogen-bond acceptors (Lipinski definition) is 3. The van der Waals surface area contributed by atoms with Crippen LogP contribution in [0.2, 0.25) is 0 Å². The first-order valence-electron chi connectivity index (χ1n) is 5.94. The van der Waals surface area contributed by atoms with Gasteiger partial charge in [0, 0.05) is 19.6 Å². The topological polar surface area (TPSA) is 27.3 Å². The molecule has 0 saturated carbocycles. The van der Waals surface area contributed by atoms with E-state index in [2.05, 4.69) is 22.6 Å². The van der Waals surface area contributed by atoms with E-state index in [0.29, 0.717) is 0 Å². The van der Waals surface area contributed by atoms with Crippen molar-refractivity contribution in [1.29, 1.82) is 0 Å². The zero-order valence-electron chi connectivity index (χ0n) is 9.26. The molecule has 0 aromatic carbocycles. The molecule has 0 amide bonds. The SMILES string of the molecule is CN1CCC(CNCC2CNC2)CC1. The Morgan fingerprint density at radius 2 is 1.79 bits per heavy atom. The lowest BCUT2D eigenvalue weighted by atomic mass is 9.96. The molecule has 2 aliphatic heterocycles. The Hall–Kier alpha value is -0.120. The van der Waals surface area contributed by atoms with Gasteiger partial charge in [-0.1, -0.05) is 0 Å². The van der Waals surface area contributed by atoms with Gasteiger partial charge in [0.25, 0.3) is 0 Å². The van der Waals surface area contributed by atoms with Crippen LogP contribution in [0.25, 0.3) is 0 Å². The largest absolute Gasteiger partial charge is 0.316 e. The van der Waals surface area contributed by atoms with Crippen molar-refractivity contribution in [2.45, 2.75) is 12.8 Å². The third-order valence-electron chi connectivity index (χ3n) is 3.57. The predicted molar refractivity (Wildman–Crippen MR) is 59.5 cm³/mol. The molecule has 0 bridgehead atoms. The Kier molecular flexibility index (Phi) is 3.79. The van der Waals surface area contributed by atoms with Gasteiger partial charge in [-0.15, -0.1) is 0 Å². The molecule has 2 fully saturated rings. The summed E-state index contributed by atoms with van der Waals surface area (Å²) in [6.07, 6.45) is 2.76. The Morgan fingerprint density at radius 1 is 1.14 bits per heavy atom. The summed E-state index contributed by atoms with van der Waals surface area (Å²) in [5.41, 5.74) is 0. The normalized spacial score (nSPS) is 26.4. The van der Waals surface area contributed by atoms with Crippen LogP contribution < -0.4 is 10.6 Å². The van der Waals surface area contributed by atoms with Gasteiger partial charge in [-0.25, -0.2) is 0 Å². The van der Waals surface area contributed by atoms with Crippen LogP contribution in [0.4, 0.5) is 0 Å². The van der Waals surface area contributed by atoms with E-state index >= 15 is 0 Å². The van der Waals surface area contributed by atoms with Gasteiger partial charge in [-0.3, -0.25) is 0 Å². The number of nitrogens with one attached hydrogen (secondary N) is 2. The van der Waals surface area contributed by atoms with E-state index < -0.39 is 0 Å². The molecule has 2 rings (SSSR count). The molecule has 0 aromatic heterocycles. The van der Waals surface area contributed by atoms with Crippen LogP contribution >= 0.6 is 0 Å². The fourth-order valence-corrected chi connectivity index (χ4v) is 2.25. The maximum Gasteiger partial charge on any atom is 0.000394 e. The molecule has 2 saturated heterocycles. The summed E-state index contributed by atoms with van der Waals surface area (Å²) in [7, 11) is 2.23. The lowest BCUT2D eigenvalue weighted by Gasteiger charge is -2.31. The standard InChI is InChI=1S/C11H23N3/c1-14-4-2-10(3-5-14)6-12-7-11-8-13-9-11/h10-13H,2-9H2,1H3. The minimum atomic E-state index is 0.904. The lowest BCUT2D eigenvalue weighted by Crippen LogP contribution is -2.48. The van der Waals surface area contributed by atoms with Crippen molar-refractivity contribution in [2.75, 3.05) is 46.3 Å². The quantitative estimate of drug-likeness (QED) is 0.671. The van der Waals surface area contributed by atoms with Crippen molar-refractivity contribution in [3.63, 3.8) is 0 Å². The first-order chi connectivity index (χ1) is 6.84. The first kappa shape index (κ1) is 10.4. The van der Waals surface area contributed by atoms with Gasteiger partial charge in [0.05, 0.1) is 0 Å². The molecule has 2 aliphatic rings. The zero-order valence-corrected chi connectivity index (χ0v) is 9.26. The maximum absolute atomic E-state index is 3.61. The van der Waals surface area contributed by atoms with Crippen molar-refractivity contribution in [2.24, 2.45) is 11.8 Å². The lowest BCUT2D eigenvalue weighted by molar-refractivity contribution is 0.212. The van der Waals surface area contributed by atoms with Crippen LogP contribution in [0.3, 0.4) is 0 Å². The fraction of sp³-hybridized carbons (Fsp3) is 1.00. The number of nitrogens with zero attached hydrogens (tertiary/aromatic N) is 1. The minimum Gasteiger partial charge on any atom is -0.316 e. The molecule has 0 aliphatic carbocycles. The third-order valence-corrected chi connectivity index (χ3v) is 3.57. The zero-order chi connectivity index (χ0) is 9.80. The number of rotatable bonds is 4. The summed E-state index contributed by atoms with van der Waals surface area (Å²) in [6.45, 7) is 7.49. The van der Waals surface area contributed by atoms with Crippen molar-refractivity contribution in [3.05, 3.63) is 0 Å². The van der Waals surface area contributed by atoms with Crippen molar-refractivity contribution in [1.82, 2.24) is 15.5 Å². The molecule has 0 aromatic rings. The summed E-state index contributed by atoms with van der Waals surface area (Å²) >= 11 is 0. The van der Waals surface area contributed by atoms with Crippen molar-refractivity contribution >= 4 is 0 Å². The van der Waals surface area contributed by atoms with Crippen LogP contribution in [-0.2, 0) is 0 Å². The Bertz CT molecular complexity index is 160. The van der Waals surface area contributed by atoms with E-state index in [9.17, 15) is 0 Å². The Labute approximate surface area is 87.2 Å². The third kappa shape index (κ3) is 2.94. The molecule has 0 spiro atoms. The van der Waals surface area contributed by atoms with Crippen LogP contribution in [0.15, 0.2) is 0 Å². The summed E-state index contributed by atoms with van der Waals surface area (Å²) < 4.78 is 0. The maximum atomic E-state index is 3.61. The molecule has 3 heteroatoms. The fourth-order valence-electron chi connectivity index (χ4n) is 2.25. The van der Waals surface area contributed by atoms with Crippen LogP contribution in [0.5, 0.6) is 0 Å². The van der Waals surface area contributed by atoms with Gasteiger partial charge in [0.15, 0.2) is 0 Å². The minimum absolute atomic E-state index is 0.904. The molecule has 2 heterocycles. The Morgan fingerprint density at radius 3 is 2.36 bits per heavy atom. The first-order valence-corrected chi connectivity index (χ1v) is 5.94. The highest BCUT2D eigenvalue weighted by Gasteiger charge is 2.18. The molecular formula is C11H23N3. The molecule has 3 nitrogen and oxygen atoms in total. The highest BCUT2D eigenvalue weighted by Crippen LogP contribution is 2.14. The molecule has 2 N–H and O–H groups in total. The van der Waals surface area contributed by atoms with E-state index in [-0.39, 0.29) is 0 Å².